The van der Waals surface area contributed by atoms with E-state index in [-0.39, 0.29) is 43.5 Å². The molecule has 0 bridgehead atoms. The van der Waals surface area contributed by atoms with Gasteiger partial charge < -0.3 is 15.1 Å². The summed E-state index contributed by atoms with van der Waals surface area (Å²) in [6.07, 6.45) is 2.73. The molecule has 10 nitrogen and oxygen atoms in total. The van der Waals surface area contributed by atoms with E-state index in [0.29, 0.717) is 23.4 Å². The summed E-state index contributed by atoms with van der Waals surface area (Å²) < 4.78 is 20.7. The molecule has 0 spiro atoms. The third-order valence-corrected chi connectivity index (χ3v) is 6.32. The molecule has 11 heteroatoms. The number of nitrogens with one attached hydrogen (secondary N) is 1. The molecule has 1 unspecified atom stereocenters. The van der Waals surface area contributed by atoms with E-state index in [1.54, 1.807) is 31.2 Å². The van der Waals surface area contributed by atoms with Gasteiger partial charge in [-0.25, -0.2) is 9.18 Å². The Balaban J connectivity index is 1.71. The fourth-order valence-corrected chi connectivity index (χ4v) is 4.29. The number of H-pyrrole nitrogens is 1. The summed E-state index contributed by atoms with van der Waals surface area (Å²) >= 11 is 0. The number of rotatable bonds is 8. The number of nitrogen functional groups attached to an aromatic ring is 1. The van der Waals surface area contributed by atoms with Crippen LogP contribution in [0.15, 0.2) is 50.6 Å². The second-order valence-corrected chi connectivity index (χ2v) is 8.84. The normalized spacial score (nSPS) is 15.5. The van der Waals surface area contributed by atoms with Gasteiger partial charge in [0.1, 0.15) is 17.4 Å². The van der Waals surface area contributed by atoms with E-state index in [2.05, 4.69) is 4.98 Å². The lowest BCUT2D eigenvalue weighted by Gasteiger charge is -2.26. The number of hydrogen-bond donors (Lipinski definition) is 2. The average molecular weight is 498 g/mol. The maximum atomic E-state index is 14.1. The van der Waals surface area contributed by atoms with Crippen LogP contribution in [0, 0.1) is 18.7 Å². The largest absolute Gasteiger partial charge is 0.467 e. The number of anilines is 3. The molecule has 2 aromatic heterocycles. The third-order valence-electron chi connectivity index (χ3n) is 6.32. The minimum absolute atomic E-state index is 0.00209. The second kappa shape index (κ2) is 10.2. The Morgan fingerprint density at radius 2 is 2.06 bits per heavy atom. The van der Waals surface area contributed by atoms with E-state index in [1.165, 1.54) is 21.8 Å². The van der Waals surface area contributed by atoms with Crippen LogP contribution in [-0.2, 0) is 22.7 Å². The molecule has 1 saturated heterocycles. The van der Waals surface area contributed by atoms with Gasteiger partial charge >= 0.3 is 5.69 Å². The van der Waals surface area contributed by atoms with Crippen LogP contribution in [0.4, 0.5) is 21.6 Å². The maximum Gasteiger partial charge on any atom is 0.330 e. The number of aromatic nitrogens is 2. The molecule has 36 heavy (non-hydrogen) atoms. The summed E-state index contributed by atoms with van der Waals surface area (Å²) in [4.78, 5) is 56.6. The zero-order valence-corrected chi connectivity index (χ0v) is 20.1. The van der Waals surface area contributed by atoms with Crippen LogP contribution >= 0.6 is 0 Å². The number of amides is 2. The van der Waals surface area contributed by atoms with Gasteiger partial charge in [-0.05, 0) is 43.2 Å². The molecule has 0 saturated carbocycles. The van der Waals surface area contributed by atoms with E-state index < -0.39 is 28.9 Å². The Kier molecular flexibility index (Phi) is 7.09. The van der Waals surface area contributed by atoms with Gasteiger partial charge in [-0.3, -0.25) is 28.8 Å². The molecule has 1 aliphatic heterocycles. The first kappa shape index (κ1) is 25.0. The minimum Gasteiger partial charge on any atom is -0.467 e. The van der Waals surface area contributed by atoms with Crippen molar-refractivity contribution in [1.82, 2.24) is 9.55 Å². The molecule has 4 rings (SSSR count). The first-order chi connectivity index (χ1) is 17.2. The predicted molar refractivity (Wildman–Crippen MR) is 132 cm³/mol. The van der Waals surface area contributed by atoms with Crippen LogP contribution in [0.2, 0.25) is 0 Å². The van der Waals surface area contributed by atoms with E-state index >= 15 is 0 Å². The fraction of sp³-hybridized carbons (Fsp3) is 0.360. The van der Waals surface area contributed by atoms with Crippen molar-refractivity contribution in [1.29, 1.82) is 0 Å². The van der Waals surface area contributed by atoms with Crippen molar-refractivity contribution in [2.24, 2.45) is 5.92 Å². The molecule has 0 aliphatic carbocycles. The average Bonchev–Trinajstić information content (AvgIpc) is 3.49. The highest BCUT2D eigenvalue weighted by Crippen LogP contribution is 2.30. The zero-order chi connectivity index (χ0) is 26.0. The van der Waals surface area contributed by atoms with Crippen molar-refractivity contribution in [3.8, 4) is 0 Å². The van der Waals surface area contributed by atoms with E-state index in [1.807, 2.05) is 6.92 Å². The number of hydrogen-bond acceptors (Lipinski definition) is 6. The van der Waals surface area contributed by atoms with E-state index in [4.69, 9.17) is 10.2 Å². The number of nitrogens with zero attached hydrogens (tertiary/aromatic N) is 3. The van der Waals surface area contributed by atoms with Gasteiger partial charge in [0.2, 0.25) is 11.8 Å². The SMILES string of the molecule is CCCCn1c(N)c(N(Cc2ccco2)C(=O)C2CC(=O)N(c3ccc(C)c(F)c3)C2)c(=O)[nH]c1=O. The van der Waals surface area contributed by atoms with Crippen molar-refractivity contribution in [3.05, 3.63) is 74.6 Å². The quantitative estimate of drug-likeness (QED) is 0.491. The van der Waals surface area contributed by atoms with Crippen molar-refractivity contribution in [3.63, 3.8) is 0 Å². The van der Waals surface area contributed by atoms with Gasteiger partial charge in [0.25, 0.3) is 5.56 Å². The molecule has 2 amide bonds. The number of carbonyl (C=O) groups is 2. The molecule has 190 valence electrons. The third kappa shape index (κ3) is 4.81. The lowest BCUT2D eigenvalue weighted by molar-refractivity contribution is -0.124. The topological polar surface area (TPSA) is 135 Å². The van der Waals surface area contributed by atoms with Gasteiger partial charge in [-0.1, -0.05) is 19.4 Å². The first-order valence-corrected chi connectivity index (χ1v) is 11.7. The van der Waals surface area contributed by atoms with E-state index in [0.717, 1.165) is 11.3 Å². The Hall–Kier alpha value is -4.15. The highest BCUT2D eigenvalue weighted by molar-refractivity contribution is 6.05. The number of furan rings is 1. The molecule has 3 aromatic rings. The Morgan fingerprint density at radius 1 is 1.28 bits per heavy atom. The number of nitrogens with two attached hydrogens (primary N) is 1. The predicted octanol–water partition coefficient (Wildman–Crippen LogP) is 2.55. The summed E-state index contributed by atoms with van der Waals surface area (Å²) in [6.45, 7) is 3.70. The Morgan fingerprint density at radius 3 is 2.72 bits per heavy atom. The summed E-state index contributed by atoms with van der Waals surface area (Å²) in [7, 11) is 0. The molecule has 1 aromatic carbocycles. The van der Waals surface area contributed by atoms with Crippen molar-refractivity contribution in [2.45, 2.75) is 46.2 Å². The van der Waals surface area contributed by atoms with Gasteiger partial charge in [0, 0.05) is 25.2 Å². The number of halogens is 1. The molecular formula is C25H28FN5O5. The van der Waals surface area contributed by atoms with Crippen LogP contribution in [-0.4, -0.2) is 27.9 Å². The highest BCUT2D eigenvalue weighted by Gasteiger charge is 2.39. The Bertz CT molecular complexity index is 1390. The molecule has 1 fully saturated rings. The lowest BCUT2D eigenvalue weighted by Crippen LogP contribution is -2.43. The summed E-state index contributed by atoms with van der Waals surface area (Å²) in [5.74, 6) is -1.92. The van der Waals surface area contributed by atoms with Crippen molar-refractivity contribution < 1.29 is 18.4 Å². The molecule has 3 N–H and O–H groups in total. The Labute approximate surface area is 206 Å². The number of aromatic amines is 1. The molecular weight excluding hydrogens is 469 g/mol. The van der Waals surface area contributed by atoms with Crippen LogP contribution in [0.5, 0.6) is 0 Å². The van der Waals surface area contributed by atoms with Crippen LogP contribution < -0.4 is 26.8 Å². The van der Waals surface area contributed by atoms with Crippen LogP contribution in [0.1, 0.15) is 37.5 Å². The smallest absolute Gasteiger partial charge is 0.330 e. The number of unbranched alkanes of at least 4 members (excludes halogenated alkanes) is 1. The van der Waals surface area contributed by atoms with Gasteiger partial charge in [-0.15, -0.1) is 0 Å². The van der Waals surface area contributed by atoms with Crippen LogP contribution in [0.25, 0.3) is 0 Å². The summed E-state index contributed by atoms with van der Waals surface area (Å²) in [5, 5.41) is 0. The van der Waals surface area contributed by atoms with Gasteiger partial charge in [-0.2, -0.15) is 0 Å². The monoisotopic (exact) mass is 497 g/mol. The van der Waals surface area contributed by atoms with Crippen LogP contribution in [0.3, 0.4) is 0 Å². The maximum absolute atomic E-state index is 14.1. The molecule has 3 heterocycles. The van der Waals surface area contributed by atoms with Gasteiger partial charge in [0.05, 0.1) is 18.7 Å². The summed E-state index contributed by atoms with van der Waals surface area (Å²) in [6, 6.07) is 7.72. The highest BCUT2D eigenvalue weighted by atomic mass is 19.1. The molecule has 0 radical (unpaired) electrons. The zero-order valence-electron chi connectivity index (χ0n) is 20.1. The lowest BCUT2D eigenvalue weighted by atomic mass is 10.1. The fourth-order valence-electron chi connectivity index (χ4n) is 4.29. The van der Waals surface area contributed by atoms with Crippen molar-refractivity contribution in [2.75, 3.05) is 22.1 Å². The number of benzene rings is 1. The molecule has 1 atom stereocenters. The van der Waals surface area contributed by atoms with Gasteiger partial charge in [0.15, 0.2) is 5.69 Å². The summed E-state index contributed by atoms with van der Waals surface area (Å²) in [5.41, 5.74) is 5.40. The minimum atomic E-state index is -0.827. The standard InChI is InChI=1S/C25H28FN5O5/c1-3-4-9-29-22(27)21(23(33)28-25(29)35)31(14-18-6-5-10-36-18)24(34)16-11-20(32)30(13-16)17-8-7-15(2)19(26)12-17/h5-8,10,12,16H,3-4,9,11,13-14,27H2,1-2H3,(H,28,33,35). The first-order valence-electron chi connectivity index (χ1n) is 11.7. The number of carbonyl (C=O) groups excluding carboxylic acids is 2. The second-order valence-electron chi connectivity index (χ2n) is 8.84. The van der Waals surface area contributed by atoms with Crippen molar-refractivity contribution >= 4 is 29.0 Å². The molecule has 1 aliphatic rings. The number of aryl methyl sites for hydroxylation is 1. The van der Waals surface area contributed by atoms with E-state index in [9.17, 15) is 23.6 Å².